The molecular formula is C83H155F21. The lowest BCUT2D eigenvalue weighted by atomic mass is 9.56. The summed E-state index contributed by atoms with van der Waals surface area (Å²) in [6, 6.07) is 0. The Bertz CT molecular complexity index is 2210. The van der Waals surface area contributed by atoms with Gasteiger partial charge in [-0.3, -0.25) is 0 Å². The molecule has 4 aliphatic rings. The third-order valence-corrected chi connectivity index (χ3v) is 27.0. The lowest BCUT2D eigenvalue weighted by molar-refractivity contribution is -0.364. The molecule has 0 spiro atoms. The molecule has 634 valence electrons. The van der Waals surface area contributed by atoms with Crippen LogP contribution in [0.2, 0.25) is 0 Å². The SMILES string of the molecule is CC(C)(C)C(C)(C)C(C)(C)C.CC(C)C(C)(C)C(C)(C)C.CC(C)C(C)(C)C(C)C(F)(F)F.CC(C)[C@@H](C)C(C)(C)C.CC1CCC(C(F)(F)F)CC1.CC1CCCC(C(F)(F)F)[C@@H]1C.C[C@@H]1CCCC(C(F)(F)F)C1.C[C@@H]1CCCCC1(C(F)(F)F)C(F)(F)F.C[C@H](C(C)(C)C)C(C)(C)C(F)(F)F. The Labute approximate surface area is 622 Å². The molecule has 104 heavy (non-hydrogen) atoms. The largest absolute Gasteiger partial charge is 0.403 e. The third-order valence-electron chi connectivity index (χ3n) is 27.0. The van der Waals surface area contributed by atoms with E-state index < -0.39 is 101 Å². The maximum Gasteiger partial charge on any atom is 0.403 e. The van der Waals surface area contributed by atoms with Crippen LogP contribution in [0.3, 0.4) is 0 Å². The Balaban J connectivity index is -0.000000355. The van der Waals surface area contributed by atoms with Crippen molar-refractivity contribution in [1.82, 2.24) is 0 Å². The Morgan fingerprint density at radius 1 is 0.337 bits per heavy atom. The van der Waals surface area contributed by atoms with E-state index in [2.05, 4.69) is 145 Å². The van der Waals surface area contributed by atoms with E-state index >= 15 is 0 Å². The van der Waals surface area contributed by atoms with Crippen LogP contribution in [0.15, 0.2) is 0 Å². The topological polar surface area (TPSA) is 0 Å². The lowest BCUT2D eigenvalue weighted by Crippen LogP contribution is -2.55. The summed E-state index contributed by atoms with van der Waals surface area (Å²) in [5.41, 5.74) is -3.64. The summed E-state index contributed by atoms with van der Waals surface area (Å²) >= 11 is 0. The summed E-state index contributed by atoms with van der Waals surface area (Å²) in [5, 5.41) is 0. The molecule has 0 nitrogen and oxygen atoms in total. The van der Waals surface area contributed by atoms with E-state index in [0.29, 0.717) is 76.9 Å². The molecule has 0 radical (unpaired) electrons. The van der Waals surface area contributed by atoms with Crippen molar-refractivity contribution in [2.75, 3.05) is 0 Å². The van der Waals surface area contributed by atoms with Crippen LogP contribution in [0.5, 0.6) is 0 Å². The van der Waals surface area contributed by atoms with Crippen LogP contribution in [-0.4, -0.2) is 43.2 Å². The van der Waals surface area contributed by atoms with Gasteiger partial charge in [-0.2, -0.15) is 92.2 Å². The molecule has 9 atom stereocenters. The number of halogens is 21. The highest BCUT2D eigenvalue weighted by atomic mass is 19.4. The first-order valence-corrected chi connectivity index (χ1v) is 38.6. The average molecular weight is 1550 g/mol. The summed E-state index contributed by atoms with van der Waals surface area (Å²) in [5.74, 6) is -2.92. The van der Waals surface area contributed by atoms with Gasteiger partial charge in [-0.1, -0.05) is 308 Å². The first-order chi connectivity index (χ1) is 45.1. The van der Waals surface area contributed by atoms with Crippen molar-refractivity contribution < 1.29 is 92.2 Å². The lowest BCUT2D eigenvalue weighted by Gasteiger charge is -2.49. The fourth-order valence-corrected chi connectivity index (χ4v) is 13.0. The molecule has 4 rings (SSSR count). The molecule has 0 heterocycles. The number of rotatable bonds is 5. The van der Waals surface area contributed by atoms with E-state index in [9.17, 15) is 92.2 Å². The monoisotopic (exact) mass is 1550 g/mol. The van der Waals surface area contributed by atoms with Crippen molar-refractivity contribution in [2.24, 2.45) is 137 Å². The number of alkyl halides is 21. The molecule has 21 heteroatoms. The maximum absolute atomic E-state index is 12.6. The van der Waals surface area contributed by atoms with Crippen molar-refractivity contribution >= 4 is 0 Å². The number of hydrogen-bond donors (Lipinski definition) is 0. The van der Waals surface area contributed by atoms with Gasteiger partial charge in [0.25, 0.3) is 0 Å². The van der Waals surface area contributed by atoms with Crippen molar-refractivity contribution in [2.45, 2.75) is 396 Å². The predicted molar refractivity (Wildman–Crippen MR) is 395 cm³/mol. The molecule has 0 aliphatic heterocycles. The summed E-state index contributed by atoms with van der Waals surface area (Å²) in [6.07, 6.45) is -24.3. The van der Waals surface area contributed by atoms with Crippen LogP contribution in [0.1, 0.15) is 352 Å². The zero-order chi connectivity index (χ0) is 85.2. The minimum Gasteiger partial charge on any atom is -0.171 e. The molecule has 0 aromatic rings. The highest BCUT2D eigenvalue weighted by Gasteiger charge is 2.72. The molecule has 0 bridgehead atoms. The van der Waals surface area contributed by atoms with Crippen LogP contribution in [0, 0.1) is 137 Å². The highest BCUT2D eigenvalue weighted by molar-refractivity contribution is 4.99. The van der Waals surface area contributed by atoms with Crippen LogP contribution >= 0.6 is 0 Å². The van der Waals surface area contributed by atoms with Crippen LogP contribution < -0.4 is 0 Å². The first-order valence-electron chi connectivity index (χ1n) is 38.6. The fourth-order valence-electron chi connectivity index (χ4n) is 13.0. The molecular weight excluding hydrogens is 1400 g/mol. The summed E-state index contributed by atoms with van der Waals surface area (Å²) < 4.78 is 260. The van der Waals surface area contributed by atoms with Crippen LogP contribution in [-0.2, 0) is 0 Å². The molecule has 0 N–H and O–H groups in total. The second-order valence-corrected chi connectivity index (χ2v) is 40.2. The van der Waals surface area contributed by atoms with Crippen molar-refractivity contribution in [3.05, 3.63) is 0 Å². The Morgan fingerprint density at radius 3 is 0.904 bits per heavy atom. The van der Waals surface area contributed by atoms with E-state index in [1.165, 1.54) is 20.8 Å². The molecule has 0 aromatic heterocycles. The quantitative estimate of drug-likeness (QED) is 0.241. The summed E-state index contributed by atoms with van der Waals surface area (Å²) in [6.45, 7) is 75.2. The van der Waals surface area contributed by atoms with Gasteiger partial charge in [-0.15, -0.1) is 0 Å². The van der Waals surface area contributed by atoms with Gasteiger partial charge < -0.3 is 0 Å². The third kappa shape index (κ3) is 36.8. The first kappa shape index (κ1) is 111. The molecule has 0 aromatic carbocycles. The molecule has 4 fully saturated rings. The second kappa shape index (κ2) is 41.3. The minimum absolute atomic E-state index is 0.0106. The Morgan fingerprint density at radius 2 is 0.721 bits per heavy atom. The molecule has 0 saturated heterocycles. The van der Waals surface area contributed by atoms with Gasteiger partial charge in [0, 0.05) is 0 Å². The predicted octanol–water partition coefficient (Wildman–Crippen LogP) is 33.9. The Hall–Kier alpha value is -1.47. The second-order valence-electron chi connectivity index (χ2n) is 40.2. The molecule has 4 unspecified atom stereocenters. The van der Waals surface area contributed by atoms with E-state index in [4.69, 9.17) is 0 Å². The van der Waals surface area contributed by atoms with Gasteiger partial charge in [-0.05, 0) is 147 Å². The van der Waals surface area contributed by atoms with Gasteiger partial charge in [0.2, 0.25) is 0 Å². The van der Waals surface area contributed by atoms with Gasteiger partial charge >= 0.3 is 43.2 Å². The van der Waals surface area contributed by atoms with E-state index in [-0.39, 0.29) is 41.9 Å². The average Bonchev–Trinajstić information content (AvgIpc) is 0.738. The van der Waals surface area contributed by atoms with Crippen molar-refractivity contribution in [3.8, 4) is 0 Å². The molecule has 0 amide bonds. The standard InChI is InChI=1S/C11H24.C10H19F3.C10H22.C9H12F6.C9H15F3.C9H17F3.C9H20.2C8H13F3/c1-9(2,3)11(7,8)10(4,5)6;1-7(8(2,3)4)9(5,6)10(11,12)13;1-8(2)10(6,7)9(3,4)5;1-6-4-2-3-5-7(6,8(10,11)12)9(13,14)15;1-6-4-3-5-8(7(6)2)9(10,11)12;1-6(2)8(4,5)7(3)9(10,11)12;1-7(2)8(3)9(4,5)6;1-6-2-4-7(5-3-6)8(9,10)11;1-6-3-2-4-7(5-6)8(9,10)11/h1-8H3;7H,1-6H3;8H,1-7H3;6H,2-5H2,1H3;6-8H,3-5H2,1-2H3;6-7H,1-5H3;7-8H,1-6H3;2*6-7H,2-5H2,1H3/t;7-;;6-;6?,7-,8?;;8-;;6-,7?/m.1.11.1.1/s1. The maximum atomic E-state index is 12.6. The van der Waals surface area contributed by atoms with E-state index in [1.807, 2.05) is 55.4 Å². The van der Waals surface area contributed by atoms with Gasteiger partial charge in [0.1, 0.15) is 0 Å². The van der Waals surface area contributed by atoms with Crippen LogP contribution in [0.25, 0.3) is 0 Å². The smallest absolute Gasteiger partial charge is 0.171 e. The highest BCUT2D eigenvalue weighted by Crippen LogP contribution is 2.61. The summed E-state index contributed by atoms with van der Waals surface area (Å²) in [7, 11) is 0. The Kier molecular flexibility index (Phi) is 44.2. The molecule has 4 saturated carbocycles. The van der Waals surface area contributed by atoms with Crippen molar-refractivity contribution in [3.63, 3.8) is 0 Å². The van der Waals surface area contributed by atoms with E-state index in [1.54, 1.807) is 27.7 Å². The van der Waals surface area contributed by atoms with E-state index in [0.717, 1.165) is 63.2 Å². The summed E-state index contributed by atoms with van der Waals surface area (Å²) in [4.78, 5) is 0. The van der Waals surface area contributed by atoms with Gasteiger partial charge in [0.15, 0.2) is 5.41 Å². The fraction of sp³-hybridized carbons (Fsp3) is 1.00. The number of hydrogen-bond acceptors (Lipinski definition) is 0. The van der Waals surface area contributed by atoms with Gasteiger partial charge in [0.05, 0.1) is 29.1 Å². The minimum atomic E-state index is -5.20. The molecule has 4 aliphatic carbocycles. The van der Waals surface area contributed by atoms with Crippen molar-refractivity contribution in [1.29, 1.82) is 0 Å². The normalized spacial score (nSPS) is 24.1. The zero-order valence-corrected chi connectivity index (χ0v) is 72.1. The zero-order valence-electron chi connectivity index (χ0n) is 72.1. The van der Waals surface area contributed by atoms with Crippen LogP contribution in [0.4, 0.5) is 92.2 Å². The van der Waals surface area contributed by atoms with Gasteiger partial charge in [-0.25, -0.2) is 0 Å².